The summed E-state index contributed by atoms with van der Waals surface area (Å²) in [5, 5.41) is 4.90. The van der Waals surface area contributed by atoms with Crippen LogP contribution in [0, 0.1) is 0 Å². The fourth-order valence-electron chi connectivity index (χ4n) is 5.81. The Hall–Kier alpha value is -3.37. The maximum atomic E-state index is 12.9. The molecule has 37 heavy (non-hydrogen) atoms. The monoisotopic (exact) mass is 502 g/mol. The molecule has 2 unspecified atom stereocenters. The number of ether oxygens (including phenoxy) is 1. The van der Waals surface area contributed by atoms with Crippen molar-refractivity contribution in [2.24, 2.45) is 7.05 Å². The lowest BCUT2D eigenvalue weighted by Crippen LogP contribution is -2.57. The summed E-state index contributed by atoms with van der Waals surface area (Å²) < 4.78 is 9.42. The van der Waals surface area contributed by atoms with Crippen LogP contribution in [0.5, 0.6) is 0 Å². The molecule has 6 rings (SSSR count). The van der Waals surface area contributed by atoms with E-state index in [0.29, 0.717) is 5.82 Å². The molecule has 0 N–H and O–H groups in total. The number of piperazine rings is 1. The van der Waals surface area contributed by atoms with Gasteiger partial charge in [0.25, 0.3) is 0 Å². The molecule has 2 aliphatic heterocycles. The van der Waals surface area contributed by atoms with Crippen LogP contribution in [-0.4, -0.2) is 66.0 Å². The summed E-state index contributed by atoms with van der Waals surface area (Å²) in [6, 6.07) is 6.95. The number of hydrogen-bond acceptors (Lipinski definition) is 8. The van der Waals surface area contributed by atoms with E-state index in [1.165, 1.54) is 5.56 Å². The van der Waals surface area contributed by atoms with Gasteiger partial charge in [0.1, 0.15) is 6.23 Å². The summed E-state index contributed by atoms with van der Waals surface area (Å²) in [5.74, 6) is 0.667. The molecule has 194 valence electrons. The van der Waals surface area contributed by atoms with Gasteiger partial charge in [-0.25, -0.2) is 9.48 Å². The Morgan fingerprint density at radius 2 is 1.86 bits per heavy atom. The van der Waals surface area contributed by atoms with Crippen molar-refractivity contribution < 1.29 is 4.74 Å². The van der Waals surface area contributed by atoms with Crippen molar-refractivity contribution in [3.8, 4) is 0 Å². The molecule has 0 aliphatic carbocycles. The van der Waals surface area contributed by atoms with E-state index in [1.54, 1.807) is 24.0 Å². The summed E-state index contributed by atoms with van der Waals surface area (Å²) in [7, 11) is 1.76. The normalized spacial score (nSPS) is 24.1. The van der Waals surface area contributed by atoms with Gasteiger partial charge >= 0.3 is 5.69 Å². The lowest BCUT2D eigenvalue weighted by molar-refractivity contribution is -0.0390. The smallest absolute Gasteiger partial charge is 0.349 e. The maximum absolute atomic E-state index is 12.9. The molecular formula is C27H34N8O2. The zero-order valence-electron chi connectivity index (χ0n) is 21.9. The van der Waals surface area contributed by atoms with Gasteiger partial charge in [0.05, 0.1) is 22.7 Å². The van der Waals surface area contributed by atoms with E-state index in [9.17, 15) is 4.79 Å². The predicted molar refractivity (Wildman–Crippen MR) is 143 cm³/mol. The summed E-state index contributed by atoms with van der Waals surface area (Å²) in [4.78, 5) is 31.0. The lowest BCUT2D eigenvalue weighted by atomic mass is 10.00. The van der Waals surface area contributed by atoms with Crippen molar-refractivity contribution in [1.82, 2.24) is 34.2 Å². The first-order chi connectivity index (χ1) is 17.9. The number of anilines is 1. The number of fused-ring (bicyclic) bond motifs is 2. The van der Waals surface area contributed by atoms with Gasteiger partial charge in [-0.15, -0.1) is 0 Å². The molecule has 0 bridgehead atoms. The fraction of sp³-hybridized carbons (Fsp3) is 0.519. The zero-order valence-corrected chi connectivity index (χ0v) is 21.9. The van der Waals surface area contributed by atoms with Crippen LogP contribution in [0.2, 0.25) is 0 Å². The molecule has 10 heteroatoms. The zero-order chi connectivity index (χ0) is 25.7. The predicted octanol–water partition coefficient (Wildman–Crippen LogP) is 3.43. The topological polar surface area (TPSA) is 94.2 Å². The molecule has 0 amide bonds. The van der Waals surface area contributed by atoms with Gasteiger partial charge < -0.3 is 9.64 Å². The van der Waals surface area contributed by atoms with Gasteiger partial charge in [-0.2, -0.15) is 10.1 Å². The van der Waals surface area contributed by atoms with Crippen LogP contribution >= 0.6 is 0 Å². The molecule has 10 nitrogen and oxygen atoms in total. The second-order valence-corrected chi connectivity index (χ2v) is 10.5. The lowest BCUT2D eigenvalue weighted by Gasteiger charge is -2.47. The second-order valence-electron chi connectivity index (χ2n) is 10.5. The van der Waals surface area contributed by atoms with E-state index in [4.69, 9.17) is 9.84 Å². The van der Waals surface area contributed by atoms with Gasteiger partial charge in [-0.1, -0.05) is 6.07 Å². The number of rotatable bonds is 4. The molecule has 4 aromatic rings. The number of hydrogen-bond donors (Lipinski definition) is 0. The second kappa shape index (κ2) is 9.50. The average molecular weight is 503 g/mol. The average Bonchev–Trinajstić information content (AvgIpc) is 3.38. The molecule has 0 radical (unpaired) electrons. The first-order valence-electron chi connectivity index (χ1n) is 13.2. The summed E-state index contributed by atoms with van der Waals surface area (Å²) in [6.45, 7) is 9.01. The number of nitrogens with zero attached hydrogens (tertiary/aromatic N) is 8. The molecule has 1 aromatic carbocycles. The van der Waals surface area contributed by atoms with Gasteiger partial charge in [-0.3, -0.25) is 19.4 Å². The van der Waals surface area contributed by atoms with Crippen molar-refractivity contribution in [1.29, 1.82) is 0 Å². The highest BCUT2D eigenvalue weighted by Crippen LogP contribution is 2.33. The molecule has 4 atom stereocenters. The minimum absolute atomic E-state index is 0.0928. The Bertz CT molecular complexity index is 1490. The molecule has 2 aliphatic rings. The van der Waals surface area contributed by atoms with E-state index in [1.807, 2.05) is 16.9 Å². The molecule has 2 saturated heterocycles. The minimum atomic E-state index is -0.264. The molecule has 0 saturated carbocycles. The van der Waals surface area contributed by atoms with Crippen molar-refractivity contribution >= 4 is 27.9 Å². The van der Waals surface area contributed by atoms with Crippen molar-refractivity contribution in [3.05, 3.63) is 52.8 Å². The Labute approximate surface area is 215 Å². The van der Waals surface area contributed by atoms with Crippen LogP contribution in [-0.2, 0) is 11.8 Å². The van der Waals surface area contributed by atoms with E-state index >= 15 is 0 Å². The van der Waals surface area contributed by atoms with E-state index in [0.717, 1.165) is 61.0 Å². The van der Waals surface area contributed by atoms with E-state index < -0.39 is 0 Å². The third-order valence-electron chi connectivity index (χ3n) is 8.00. The van der Waals surface area contributed by atoms with Crippen LogP contribution in [0.1, 0.15) is 57.9 Å². The third kappa shape index (κ3) is 4.27. The van der Waals surface area contributed by atoms with Gasteiger partial charge in [0, 0.05) is 57.3 Å². The Kier molecular flexibility index (Phi) is 6.16. The third-order valence-corrected chi connectivity index (χ3v) is 8.00. The Balaban J connectivity index is 1.30. The van der Waals surface area contributed by atoms with Gasteiger partial charge in [-0.05, 0) is 57.7 Å². The fourth-order valence-corrected chi connectivity index (χ4v) is 5.81. The highest BCUT2D eigenvalue weighted by Gasteiger charge is 2.35. The van der Waals surface area contributed by atoms with E-state index in [2.05, 4.69) is 57.7 Å². The van der Waals surface area contributed by atoms with Crippen molar-refractivity contribution in [2.75, 3.05) is 24.6 Å². The van der Waals surface area contributed by atoms with Gasteiger partial charge in [0.15, 0.2) is 11.3 Å². The maximum Gasteiger partial charge on any atom is 0.349 e. The van der Waals surface area contributed by atoms with Crippen LogP contribution < -0.4 is 10.6 Å². The minimum Gasteiger partial charge on any atom is -0.357 e. The standard InChI is InChI=1S/C27H34N8O2/c1-17-15-34(18(2)14-33(17)19(3)20-8-9-21-22(13-20)29-11-10-28-21)26-25-23(32(4)27(36)30-26)16-35(31-25)24-7-5-6-12-37-24/h8-11,13,16-19,24H,5-7,12,14-15H2,1-4H3/t17-,18+,19?,24?/m1/s1. The van der Waals surface area contributed by atoms with Crippen molar-refractivity contribution in [2.45, 2.75) is 64.4 Å². The molecule has 5 heterocycles. The SMILES string of the molecule is CC(c1ccc2nccnc2c1)N1C[C@H](C)N(c2nc(=O)n(C)c3cn(C4CCCCO4)nc23)C[C@H]1C. The molecule has 2 fully saturated rings. The van der Waals surface area contributed by atoms with E-state index in [-0.39, 0.29) is 30.0 Å². The summed E-state index contributed by atoms with van der Waals surface area (Å²) >= 11 is 0. The highest BCUT2D eigenvalue weighted by molar-refractivity contribution is 5.85. The highest BCUT2D eigenvalue weighted by atomic mass is 16.5. The summed E-state index contributed by atoms with van der Waals surface area (Å²) in [5.41, 5.74) is 4.32. The Morgan fingerprint density at radius 3 is 2.65 bits per heavy atom. The number of aryl methyl sites for hydroxylation is 1. The van der Waals surface area contributed by atoms with Crippen LogP contribution in [0.3, 0.4) is 0 Å². The quantitative estimate of drug-likeness (QED) is 0.419. The van der Waals surface area contributed by atoms with Crippen LogP contribution in [0.4, 0.5) is 5.82 Å². The van der Waals surface area contributed by atoms with Gasteiger partial charge in [0.2, 0.25) is 0 Å². The Morgan fingerprint density at radius 1 is 1.05 bits per heavy atom. The molecular weight excluding hydrogens is 468 g/mol. The molecule has 0 spiro atoms. The van der Waals surface area contributed by atoms with Crippen molar-refractivity contribution in [3.63, 3.8) is 0 Å². The number of aromatic nitrogens is 6. The molecule has 3 aromatic heterocycles. The first-order valence-corrected chi connectivity index (χ1v) is 13.2. The van der Waals surface area contributed by atoms with Crippen LogP contribution in [0.15, 0.2) is 41.6 Å². The first kappa shape index (κ1) is 24.0. The largest absolute Gasteiger partial charge is 0.357 e. The summed E-state index contributed by atoms with van der Waals surface area (Å²) in [6.07, 6.45) is 8.42. The van der Waals surface area contributed by atoms with Crippen LogP contribution in [0.25, 0.3) is 22.1 Å². The number of benzene rings is 1.